The Kier molecular flexibility index (Phi) is 4.22. The summed E-state index contributed by atoms with van der Waals surface area (Å²) in [5, 5.41) is 3.40. The summed E-state index contributed by atoms with van der Waals surface area (Å²) in [5.41, 5.74) is 1.52. The van der Waals surface area contributed by atoms with Crippen molar-refractivity contribution in [1.82, 2.24) is 9.88 Å². The normalized spacial score (nSPS) is 14.3. The van der Waals surface area contributed by atoms with Crippen LogP contribution >= 0.6 is 0 Å². The summed E-state index contributed by atoms with van der Waals surface area (Å²) in [5.74, 6) is 0.617. The van der Waals surface area contributed by atoms with E-state index in [1.807, 2.05) is 13.0 Å². The summed E-state index contributed by atoms with van der Waals surface area (Å²) in [7, 11) is 1.75. The van der Waals surface area contributed by atoms with Gasteiger partial charge in [0.05, 0.1) is 17.7 Å². The highest BCUT2D eigenvalue weighted by atomic mass is 19.1. The number of halogens is 1. The second kappa shape index (κ2) is 6.57. The van der Waals surface area contributed by atoms with Crippen molar-refractivity contribution in [1.29, 1.82) is 0 Å². The van der Waals surface area contributed by atoms with E-state index >= 15 is 0 Å². The molecule has 1 fully saturated rings. The van der Waals surface area contributed by atoms with E-state index in [-0.39, 0.29) is 18.4 Å². The molecule has 7 heteroatoms. The number of carbonyl (C=O) groups excluding carboxylic acids is 2. The van der Waals surface area contributed by atoms with E-state index in [4.69, 9.17) is 4.42 Å². The highest BCUT2D eigenvalue weighted by Gasteiger charge is 2.31. The maximum Gasteiger partial charge on any atom is 0.270 e. The topological polar surface area (TPSA) is 67.5 Å². The first kappa shape index (κ1) is 17.3. The standard InChI is InChI=1S/C20H20FN3O3/c1-12-5-7-14(27-12)11-22-20(26)19-18(24-9-3-4-17(24)25)15-10-13(21)6-8-16(15)23(19)2/h5-8,10H,3-4,9,11H2,1-2H3,(H,22,26). The molecule has 2 aromatic heterocycles. The van der Waals surface area contributed by atoms with Gasteiger partial charge in [0.15, 0.2) is 0 Å². The third kappa shape index (κ3) is 2.99. The van der Waals surface area contributed by atoms with Gasteiger partial charge in [-0.25, -0.2) is 4.39 Å². The Morgan fingerprint density at radius 2 is 2.11 bits per heavy atom. The molecule has 0 unspecified atom stereocenters. The number of aryl methyl sites for hydroxylation is 2. The van der Waals surface area contributed by atoms with Gasteiger partial charge in [-0.15, -0.1) is 0 Å². The molecule has 27 heavy (non-hydrogen) atoms. The summed E-state index contributed by atoms with van der Waals surface area (Å²) in [6, 6.07) is 7.99. The Morgan fingerprint density at radius 1 is 1.30 bits per heavy atom. The molecule has 3 heterocycles. The first-order valence-electron chi connectivity index (χ1n) is 8.87. The third-order valence-electron chi connectivity index (χ3n) is 4.91. The molecule has 0 radical (unpaired) electrons. The number of nitrogens with one attached hydrogen (secondary N) is 1. The Balaban J connectivity index is 1.77. The minimum absolute atomic E-state index is 0.0533. The largest absolute Gasteiger partial charge is 0.465 e. The lowest BCUT2D eigenvalue weighted by Gasteiger charge is -2.17. The maximum atomic E-state index is 13.9. The molecule has 0 atom stereocenters. The van der Waals surface area contributed by atoms with Crippen LogP contribution in [0.2, 0.25) is 0 Å². The van der Waals surface area contributed by atoms with Gasteiger partial charge >= 0.3 is 0 Å². The Labute approximate surface area is 155 Å². The number of benzene rings is 1. The van der Waals surface area contributed by atoms with Crippen molar-refractivity contribution in [2.24, 2.45) is 7.05 Å². The average molecular weight is 369 g/mol. The van der Waals surface area contributed by atoms with Crippen molar-refractivity contribution in [3.63, 3.8) is 0 Å². The van der Waals surface area contributed by atoms with Crippen LogP contribution in [0.15, 0.2) is 34.7 Å². The highest BCUT2D eigenvalue weighted by Crippen LogP contribution is 2.36. The molecule has 6 nitrogen and oxygen atoms in total. The number of hydrogen-bond acceptors (Lipinski definition) is 3. The van der Waals surface area contributed by atoms with Crippen molar-refractivity contribution in [2.75, 3.05) is 11.4 Å². The summed E-state index contributed by atoms with van der Waals surface area (Å²) in [6.07, 6.45) is 1.15. The molecule has 0 aliphatic carbocycles. The van der Waals surface area contributed by atoms with Gasteiger partial charge in [-0.3, -0.25) is 9.59 Å². The molecule has 3 aromatic rings. The molecular weight excluding hydrogens is 349 g/mol. The number of hydrogen-bond donors (Lipinski definition) is 1. The molecule has 140 valence electrons. The van der Waals surface area contributed by atoms with Crippen LogP contribution in [0.25, 0.3) is 10.9 Å². The van der Waals surface area contributed by atoms with Crippen LogP contribution in [-0.4, -0.2) is 22.9 Å². The zero-order chi connectivity index (χ0) is 19.1. The van der Waals surface area contributed by atoms with Crippen LogP contribution < -0.4 is 10.2 Å². The summed E-state index contributed by atoms with van der Waals surface area (Å²) < 4.78 is 21.1. The number of aromatic nitrogens is 1. The van der Waals surface area contributed by atoms with E-state index in [0.29, 0.717) is 41.0 Å². The van der Waals surface area contributed by atoms with Crippen LogP contribution in [0.3, 0.4) is 0 Å². The van der Waals surface area contributed by atoms with Crippen molar-refractivity contribution >= 4 is 28.4 Å². The zero-order valence-corrected chi connectivity index (χ0v) is 15.2. The molecular formula is C20H20FN3O3. The number of amides is 2. The molecule has 0 spiro atoms. The summed E-state index contributed by atoms with van der Waals surface area (Å²) in [6.45, 7) is 2.59. The van der Waals surface area contributed by atoms with E-state index < -0.39 is 5.82 Å². The SMILES string of the molecule is Cc1ccc(CNC(=O)c2c(N3CCCC3=O)c3cc(F)ccc3n2C)o1. The fourth-order valence-electron chi connectivity index (χ4n) is 3.65. The van der Waals surface area contributed by atoms with Crippen LogP contribution in [-0.2, 0) is 18.4 Å². The van der Waals surface area contributed by atoms with E-state index in [1.54, 1.807) is 28.6 Å². The first-order chi connectivity index (χ1) is 13.0. The van der Waals surface area contributed by atoms with E-state index in [9.17, 15) is 14.0 Å². The van der Waals surface area contributed by atoms with Crippen LogP contribution in [0.4, 0.5) is 10.1 Å². The summed E-state index contributed by atoms with van der Waals surface area (Å²) >= 11 is 0. The van der Waals surface area contributed by atoms with E-state index in [0.717, 1.165) is 12.2 Å². The highest BCUT2D eigenvalue weighted by molar-refractivity contribution is 6.14. The average Bonchev–Trinajstić information content (AvgIpc) is 3.31. The van der Waals surface area contributed by atoms with Gasteiger partial charge in [0.1, 0.15) is 23.0 Å². The number of fused-ring (bicyclic) bond motifs is 1. The molecule has 1 aliphatic heterocycles. The molecule has 1 N–H and O–H groups in total. The number of nitrogens with zero attached hydrogens (tertiary/aromatic N) is 2. The van der Waals surface area contributed by atoms with Crippen LogP contribution in [0.5, 0.6) is 0 Å². The Bertz CT molecular complexity index is 1050. The smallest absolute Gasteiger partial charge is 0.270 e. The number of anilines is 1. The fourth-order valence-corrected chi connectivity index (χ4v) is 3.65. The van der Waals surface area contributed by atoms with Gasteiger partial charge in [-0.05, 0) is 43.7 Å². The lowest BCUT2D eigenvalue weighted by Crippen LogP contribution is -2.30. The van der Waals surface area contributed by atoms with Gasteiger partial charge in [0.25, 0.3) is 5.91 Å². The van der Waals surface area contributed by atoms with E-state index in [1.165, 1.54) is 12.1 Å². The minimum Gasteiger partial charge on any atom is -0.465 e. The molecule has 1 aliphatic rings. The molecule has 1 aromatic carbocycles. The van der Waals surface area contributed by atoms with Crippen molar-refractivity contribution in [2.45, 2.75) is 26.3 Å². The van der Waals surface area contributed by atoms with Gasteiger partial charge < -0.3 is 19.2 Å². The quantitative estimate of drug-likeness (QED) is 0.767. The van der Waals surface area contributed by atoms with Crippen molar-refractivity contribution in [3.8, 4) is 0 Å². The van der Waals surface area contributed by atoms with E-state index in [2.05, 4.69) is 5.32 Å². The van der Waals surface area contributed by atoms with Crippen molar-refractivity contribution in [3.05, 3.63) is 53.4 Å². The van der Waals surface area contributed by atoms with Crippen molar-refractivity contribution < 1.29 is 18.4 Å². The van der Waals surface area contributed by atoms with Crippen LogP contribution in [0, 0.1) is 12.7 Å². The summed E-state index contributed by atoms with van der Waals surface area (Å²) in [4.78, 5) is 26.9. The zero-order valence-electron chi connectivity index (χ0n) is 15.2. The Hall–Kier alpha value is -3.09. The maximum absolute atomic E-state index is 13.9. The fraction of sp³-hybridized carbons (Fsp3) is 0.300. The second-order valence-corrected chi connectivity index (χ2v) is 6.76. The lowest BCUT2D eigenvalue weighted by atomic mass is 10.2. The predicted molar refractivity (Wildman–Crippen MR) is 99.1 cm³/mol. The molecule has 4 rings (SSSR count). The third-order valence-corrected chi connectivity index (χ3v) is 4.91. The minimum atomic E-state index is -0.404. The second-order valence-electron chi connectivity index (χ2n) is 6.76. The Morgan fingerprint density at radius 3 is 2.78 bits per heavy atom. The van der Waals surface area contributed by atoms with Gasteiger partial charge in [0.2, 0.25) is 5.91 Å². The molecule has 0 bridgehead atoms. The molecule has 1 saturated heterocycles. The van der Waals surface area contributed by atoms with Gasteiger partial charge in [-0.1, -0.05) is 0 Å². The van der Waals surface area contributed by atoms with Gasteiger partial charge in [-0.2, -0.15) is 0 Å². The van der Waals surface area contributed by atoms with Crippen LogP contribution in [0.1, 0.15) is 34.9 Å². The number of rotatable bonds is 4. The molecule has 2 amide bonds. The monoisotopic (exact) mass is 369 g/mol. The van der Waals surface area contributed by atoms with Gasteiger partial charge in [0, 0.05) is 25.4 Å². The predicted octanol–water partition coefficient (Wildman–Crippen LogP) is 3.28. The number of furan rings is 1. The molecule has 0 saturated carbocycles. The number of carbonyl (C=O) groups is 2. The first-order valence-corrected chi connectivity index (χ1v) is 8.87. The lowest BCUT2D eigenvalue weighted by molar-refractivity contribution is -0.117.